The predicted octanol–water partition coefficient (Wildman–Crippen LogP) is 2.06. The Hall–Kier alpha value is -1.36. The third-order valence-electron chi connectivity index (χ3n) is 3.98. The zero-order valence-electron chi connectivity index (χ0n) is 13.7. The van der Waals surface area contributed by atoms with Crippen molar-refractivity contribution in [2.75, 3.05) is 19.6 Å². The number of nitrogens with one attached hydrogen (secondary N) is 2. The summed E-state index contributed by atoms with van der Waals surface area (Å²) in [6.07, 6.45) is 3.65. The minimum Gasteiger partial charge on any atom is -0.342 e. The Morgan fingerprint density at radius 3 is 2.86 bits per heavy atom. The number of rotatable bonds is 6. The summed E-state index contributed by atoms with van der Waals surface area (Å²) in [5.41, 5.74) is 2.51. The summed E-state index contributed by atoms with van der Waals surface area (Å²) in [7, 11) is 0. The fraction of sp³-hybridized carbons (Fsp3) is 0.750. The maximum atomic E-state index is 11.6. The monoisotopic (exact) mass is 292 g/mol. The normalized spacial score (nSPS) is 17.5. The van der Waals surface area contributed by atoms with Gasteiger partial charge in [0, 0.05) is 42.7 Å². The molecule has 1 atom stereocenters. The van der Waals surface area contributed by atoms with E-state index in [4.69, 9.17) is 0 Å². The number of nitrogens with zero attached hydrogens (tertiary/aromatic N) is 2. The summed E-state index contributed by atoms with van der Waals surface area (Å²) >= 11 is 0. The van der Waals surface area contributed by atoms with Crippen LogP contribution in [0.5, 0.6) is 0 Å². The van der Waals surface area contributed by atoms with Gasteiger partial charge in [0.15, 0.2) is 0 Å². The standard InChI is InChI=1S/C16H28N4O/c1-12(11-20-7-5-6-14(20)21)8-17-9-13-10-18-19-15(13)16(2,3)4/h10,12,17H,5-9,11H2,1-4H3,(H,18,19)/t12-/m1/s1. The maximum Gasteiger partial charge on any atom is 0.222 e. The SMILES string of the molecule is C[C@H](CNCc1cn[nH]c1C(C)(C)C)CN1CCCC1=O. The Morgan fingerprint density at radius 1 is 1.48 bits per heavy atom. The topological polar surface area (TPSA) is 61.0 Å². The quantitative estimate of drug-likeness (QED) is 0.843. The Balaban J connectivity index is 1.76. The third kappa shape index (κ3) is 4.30. The number of likely N-dealkylation sites (tertiary alicyclic amines) is 1. The third-order valence-corrected chi connectivity index (χ3v) is 3.98. The smallest absolute Gasteiger partial charge is 0.222 e. The lowest BCUT2D eigenvalue weighted by atomic mass is 9.89. The van der Waals surface area contributed by atoms with Gasteiger partial charge < -0.3 is 10.2 Å². The molecule has 0 radical (unpaired) electrons. The van der Waals surface area contributed by atoms with Crippen LogP contribution < -0.4 is 5.32 Å². The van der Waals surface area contributed by atoms with E-state index < -0.39 is 0 Å². The van der Waals surface area contributed by atoms with Crippen LogP contribution in [0.25, 0.3) is 0 Å². The number of hydrogen-bond acceptors (Lipinski definition) is 3. The van der Waals surface area contributed by atoms with E-state index in [0.717, 1.165) is 39.0 Å². The van der Waals surface area contributed by atoms with Gasteiger partial charge in [-0.15, -0.1) is 0 Å². The van der Waals surface area contributed by atoms with E-state index in [1.165, 1.54) is 11.3 Å². The minimum absolute atomic E-state index is 0.0844. The first-order valence-corrected chi connectivity index (χ1v) is 7.89. The lowest BCUT2D eigenvalue weighted by molar-refractivity contribution is -0.128. The van der Waals surface area contributed by atoms with Crippen molar-refractivity contribution in [1.29, 1.82) is 0 Å². The van der Waals surface area contributed by atoms with Crippen LogP contribution in [0.3, 0.4) is 0 Å². The van der Waals surface area contributed by atoms with Gasteiger partial charge in [0.25, 0.3) is 0 Å². The molecule has 2 rings (SSSR count). The van der Waals surface area contributed by atoms with Crippen molar-refractivity contribution in [3.8, 4) is 0 Å². The van der Waals surface area contributed by atoms with Crippen molar-refractivity contribution in [2.45, 2.75) is 52.5 Å². The summed E-state index contributed by atoms with van der Waals surface area (Å²) in [4.78, 5) is 13.6. The Kier molecular flexibility index (Phi) is 5.04. The van der Waals surface area contributed by atoms with E-state index in [1.807, 2.05) is 11.1 Å². The van der Waals surface area contributed by atoms with Gasteiger partial charge >= 0.3 is 0 Å². The van der Waals surface area contributed by atoms with E-state index in [-0.39, 0.29) is 5.41 Å². The minimum atomic E-state index is 0.0844. The summed E-state index contributed by atoms with van der Waals surface area (Å²) in [6.45, 7) is 12.3. The molecule has 5 heteroatoms. The highest BCUT2D eigenvalue weighted by Crippen LogP contribution is 2.23. The molecular formula is C16H28N4O. The van der Waals surface area contributed by atoms with Crippen molar-refractivity contribution in [1.82, 2.24) is 20.4 Å². The largest absolute Gasteiger partial charge is 0.342 e. The van der Waals surface area contributed by atoms with Crippen LogP contribution in [0.4, 0.5) is 0 Å². The highest BCUT2D eigenvalue weighted by atomic mass is 16.2. The highest BCUT2D eigenvalue weighted by molar-refractivity contribution is 5.78. The van der Waals surface area contributed by atoms with E-state index >= 15 is 0 Å². The molecule has 1 fully saturated rings. The maximum absolute atomic E-state index is 11.6. The Bertz CT molecular complexity index is 475. The van der Waals surface area contributed by atoms with Crippen molar-refractivity contribution < 1.29 is 4.79 Å². The lowest BCUT2D eigenvalue weighted by Crippen LogP contribution is -2.34. The Labute approximate surface area is 127 Å². The number of aromatic nitrogens is 2. The first-order chi connectivity index (χ1) is 9.88. The average molecular weight is 292 g/mol. The second-order valence-corrected chi connectivity index (χ2v) is 7.20. The summed E-state index contributed by atoms with van der Waals surface area (Å²) < 4.78 is 0. The van der Waals surface area contributed by atoms with Crippen LogP contribution in [0.2, 0.25) is 0 Å². The molecule has 1 aromatic rings. The molecular weight excluding hydrogens is 264 g/mol. The molecule has 1 aliphatic heterocycles. The van der Waals surface area contributed by atoms with Crippen LogP contribution in [0.1, 0.15) is 51.8 Å². The van der Waals surface area contributed by atoms with Gasteiger partial charge in [0.1, 0.15) is 0 Å². The van der Waals surface area contributed by atoms with Crippen molar-refractivity contribution in [3.05, 3.63) is 17.5 Å². The van der Waals surface area contributed by atoms with Crippen LogP contribution in [-0.4, -0.2) is 40.6 Å². The molecule has 0 saturated carbocycles. The van der Waals surface area contributed by atoms with Crippen LogP contribution in [-0.2, 0) is 16.8 Å². The number of amides is 1. The number of carbonyl (C=O) groups excluding carboxylic acids is 1. The highest BCUT2D eigenvalue weighted by Gasteiger charge is 2.22. The average Bonchev–Trinajstić information content (AvgIpc) is 2.99. The molecule has 0 spiro atoms. The molecule has 0 aromatic carbocycles. The van der Waals surface area contributed by atoms with Crippen LogP contribution in [0.15, 0.2) is 6.20 Å². The van der Waals surface area contributed by atoms with Crippen molar-refractivity contribution >= 4 is 5.91 Å². The van der Waals surface area contributed by atoms with Crippen LogP contribution in [0, 0.1) is 5.92 Å². The van der Waals surface area contributed by atoms with Gasteiger partial charge in [-0.1, -0.05) is 27.7 Å². The number of hydrogen-bond donors (Lipinski definition) is 2. The summed E-state index contributed by atoms with van der Waals surface area (Å²) in [6, 6.07) is 0. The van der Waals surface area contributed by atoms with Crippen molar-refractivity contribution in [3.63, 3.8) is 0 Å². The van der Waals surface area contributed by atoms with Crippen LogP contribution >= 0.6 is 0 Å². The van der Waals surface area contributed by atoms with E-state index in [1.54, 1.807) is 0 Å². The second-order valence-electron chi connectivity index (χ2n) is 7.20. The zero-order valence-corrected chi connectivity index (χ0v) is 13.7. The summed E-state index contributed by atoms with van der Waals surface area (Å²) in [5, 5.41) is 10.8. The molecule has 0 aliphatic carbocycles. The van der Waals surface area contributed by atoms with Gasteiger partial charge in [-0.2, -0.15) is 5.10 Å². The fourth-order valence-corrected chi connectivity index (χ4v) is 2.89. The number of aromatic amines is 1. The van der Waals surface area contributed by atoms with Gasteiger partial charge in [-0.25, -0.2) is 0 Å². The fourth-order valence-electron chi connectivity index (χ4n) is 2.89. The molecule has 2 N–H and O–H groups in total. The molecule has 1 aromatic heterocycles. The Morgan fingerprint density at radius 2 is 2.24 bits per heavy atom. The molecule has 0 bridgehead atoms. The second kappa shape index (κ2) is 6.60. The van der Waals surface area contributed by atoms with Gasteiger partial charge in [0.2, 0.25) is 5.91 Å². The molecule has 2 heterocycles. The van der Waals surface area contributed by atoms with Gasteiger partial charge in [-0.05, 0) is 18.9 Å². The van der Waals surface area contributed by atoms with E-state index in [0.29, 0.717) is 11.8 Å². The van der Waals surface area contributed by atoms with Gasteiger partial charge in [0.05, 0.1) is 6.20 Å². The van der Waals surface area contributed by atoms with Crippen molar-refractivity contribution in [2.24, 2.45) is 5.92 Å². The van der Waals surface area contributed by atoms with E-state index in [9.17, 15) is 4.79 Å². The van der Waals surface area contributed by atoms with E-state index in [2.05, 4.69) is 43.2 Å². The number of H-pyrrole nitrogens is 1. The molecule has 1 saturated heterocycles. The predicted molar refractivity (Wildman–Crippen MR) is 84.0 cm³/mol. The molecule has 1 amide bonds. The first kappa shape index (κ1) is 16.0. The molecule has 1 aliphatic rings. The summed E-state index contributed by atoms with van der Waals surface area (Å²) in [5.74, 6) is 0.781. The molecule has 0 unspecified atom stereocenters. The zero-order chi connectivity index (χ0) is 15.5. The molecule has 21 heavy (non-hydrogen) atoms. The molecule has 5 nitrogen and oxygen atoms in total. The molecule has 118 valence electrons. The number of carbonyl (C=O) groups is 1. The van der Waals surface area contributed by atoms with Gasteiger partial charge in [-0.3, -0.25) is 9.89 Å². The lowest BCUT2D eigenvalue weighted by Gasteiger charge is -2.22. The first-order valence-electron chi connectivity index (χ1n) is 7.89.